The van der Waals surface area contributed by atoms with Gasteiger partial charge in [-0.25, -0.2) is 0 Å². The Morgan fingerprint density at radius 3 is 3.10 bits per heavy atom. The number of hydrogen-bond acceptors (Lipinski definition) is 5. The topological polar surface area (TPSA) is 41.9 Å². The molecule has 0 aromatic carbocycles. The highest BCUT2D eigenvalue weighted by Gasteiger charge is 2.33. The van der Waals surface area contributed by atoms with E-state index in [4.69, 9.17) is 16.4 Å². The molecule has 0 bridgehead atoms. The van der Waals surface area contributed by atoms with Crippen LogP contribution in [0.1, 0.15) is 17.7 Å². The van der Waals surface area contributed by atoms with Crippen LogP contribution in [0, 0.1) is 0 Å². The summed E-state index contributed by atoms with van der Waals surface area (Å²) in [6, 6.07) is 3.76. The van der Waals surface area contributed by atoms with Crippen molar-refractivity contribution in [3.05, 3.63) is 21.3 Å². The van der Waals surface area contributed by atoms with Crippen molar-refractivity contribution in [2.75, 3.05) is 24.6 Å². The molecule has 1 fully saturated rings. The molecule has 1 aromatic rings. The zero-order chi connectivity index (χ0) is 13.9. The van der Waals surface area contributed by atoms with E-state index in [-0.39, 0.29) is 5.91 Å². The lowest BCUT2D eigenvalue weighted by Crippen LogP contribution is -2.40. The Morgan fingerprint density at radius 1 is 1.40 bits per heavy atom. The summed E-state index contributed by atoms with van der Waals surface area (Å²) in [5, 5.41) is 4.06. The van der Waals surface area contributed by atoms with Crippen molar-refractivity contribution in [3.63, 3.8) is 0 Å². The number of rotatable bonds is 2. The summed E-state index contributed by atoms with van der Waals surface area (Å²) >= 11 is 9.29. The predicted octanol–water partition coefficient (Wildman–Crippen LogP) is 2.86. The molecule has 108 valence electrons. The molecule has 2 aliphatic rings. The normalized spacial score (nSPS) is 23.1. The van der Waals surface area contributed by atoms with Gasteiger partial charge >= 0.3 is 0 Å². The van der Waals surface area contributed by atoms with Crippen molar-refractivity contribution in [2.24, 2.45) is 5.16 Å². The van der Waals surface area contributed by atoms with Gasteiger partial charge in [0.25, 0.3) is 5.91 Å². The van der Waals surface area contributed by atoms with Crippen molar-refractivity contribution in [3.8, 4) is 0 Å². The van der Waals surface area contributed by atoms with E-state index in [1.54, 1.807) is 0 Å². The zero-order valence-electron chi connectivity index (χ0n) is 10.9. The maximum absolute atomic E-state index is 12.4. The minimum atomic E-state index is -0.464. The van der Waals surface area contributed by atoms with Crippen molar-refractivity contribution < 1.29 is 9.63 Å². The van der Waals surface area contributed by atoms with Gasteiger partial charge in [0.15, 0.2) is 0 Å². The molecule has 3 rings (SSSR count). The third-order valence-electron chi connectivity index (χ3n) is 3.34. The molecule has 20 heavy (non-hydrogen) atoms. The van der Waals surface area contributed by atoms with Crippen molar-refractivity contribution in [2.45, 2.75) is 18.9 Å². The second-order valence-corrected chi connectivity index (χ2v) is 7.67. The number of carbonyl (C=O) groups is 1. The fourth-order valence-corrected chi connectivity index (χ4v) is 4.21. The maximum Gasteiger partial charge on any atom is 0.266 e. The largest absolute Gasteiger partial charge is 0.382 e. The third kappa shape index (κ3) is 3.13. The quantitative estimate of drug-likeness (QED) is 0.837. The van der Waals surface area contributed by atoms with E-state index >= 15 is 0 Å². The molecule has 2 aliphatic heterocycles. The SMILES string of the molecule is O=C([C@H]1CC(c2ccc(Cl)s2)=NO1)N1CCCSCC1. The molecule has 0 aliphatic carbocycles. The lowest BCUT2D eigenvalue weighted by molar-refractivity contribution is -0.141. The number of halogens is 1. The molecule has 0 saturated carbocycles. The first-order valence-electron chi connectivity index (χ1n) is 6.59. The van der Waals surface area contributed by atoms with Crippen LogP contribution < -0.4 is 0 Å². The van der Waals surface area contributed by atoms with E-state index in [0.29, 0.717) is 6.42 Å². The van der Waals surface area contributed by atoms with Crippen LogP contribution in [-0.4, -0.2) is 47.2 Å². The fourth-order valence-electron chi connectivity index (χ4n) is 2.29. The number of thiophene rings is 1. The van der Waals surface area contributed by atoms with Crippen molar-refractivity contribution >= 4 is 46.3 Å². The summed E-state index contributed by atoms with van der Waals surface area (Å²) in [4.78, 5) is 20.7. The number of oxime groups is 1. The van der Waals surface area contributed by atoms with Crippen LogP contribution in [0.5, 0.6) is 0 Å². The second-order valence-electron chi connectivity index (χ2n) is 4.73. The molecule has 3 heterocycles. The number of hydrogen-bond donors (Lipinski definition) is 0. The van der Waals surface area contributed by atoms with Gasteiger partial charge < -0.3 is 9.74 Å². The smallest absolute Gasteiger partial charge is 0.266 e. The predicted molar refractivity (Wildman–Crippen MR) is 83.9 cm³/mol. The lowest BCUT2D eigenvalue weighted by Gasteiger charge is -2.22. The molecule has 4 nitrogen and oxygen atoms in total. The molecule has 1 amide bonds. The highest BCUT2D eigenvalue weighted by molar-refractivity contribution is 7.99. The van der Waals surface area contributed by atoms with Crippen LogP contribution in [-0.2, 0) is 9.63 Å². The van der Waals surface area contributed by atoms with Gasteiger partial charge in [0, 0.05) is 25.3 Å². The first-order valence-corrected chi connectivity index (χ1v) is 8.94. The Labute approximate surface area is 131 Å². The van der Waals surface area contributed by atoms with Crippen LogP contribution >= 0.6 is 34.7 Å². The van der Waals surface area contributed by atoms with E-state index in [9.17, 15) is 4.79 Å². The first-order chi connectivity index (χ1) is 9.74. The minimum absolute atomic E-state index is 0.0638. The maximum atomic E-state index is 12.4. The minimum Gasteiger partial charge on any atom is -0.382 e. The van der Waals surface area contributed by atoms with Gasteiger partial charge in [-0.1, -0.05) is 16.8 Å². The van der Waals surface area contributed by atoms with E-state index in [0.717, 1.165) is 45.9 Å². The summed E-state index contributed by atoms with van der Waals surface area (Å²) in [6.07, 6.45) is 1.13. The van der Waals surface area contributed by atoms with E-state index in [1.807, 2.05) is 28.8 Å². The van der Waals surface area contributed by atoms with Gasteiger partial charge in [0.2, 0.25) is 6.10 Å². The average molecular weight is 331 g/mol. The standard InChI is InChI=1S/C13H15ClN2O2S2/c14-12-3-2-11(20-12)9-8-10(18-15-9)13(17)16-4-1-6-19-7-5-16/h2-3,10H,1,4-8H2/t10-/m1/s1. The van der Waals surface area contributed by atoms with E-state index in [1.165, 1.54) is 11.3 Å². The van der Waals surface area contributed by atoms with Crippen LogP contribution in [0.15, 0.2) is 17.3 Å². The van der Waals surface area contributed by atoms with Crippen molar-refractivity contribution in [1.29, 1.82) is 0 Å². The highest BCUT2D eigenvalue weighted by atomic mass is 35.5. The second kappa shape index (κ2) is 6.37. The average Bonchev–Trinajstić information content (AvgIpc) is 3.00. The Kier molecular flexibility index (Phi) is 4.53. The molecule has 7 heteroatoms. The number of carbonyl (C=O) groups excluding carboxylic acids is 1. The molecule has 0 N–H and O–H groups in total. The van der Waals surface area contributed by atoms with Gasteiger partial charge in [-0.3, -0.25) is 4.79 Å². The summed E-state index contributed by atoms with van der Waals surface area (Å²) < 4.78 is 0.724. The van der Waals surface area contributed by atoms with Crippen molar-refractivity contribution in [1.82, 2.24) is 4.90 Å². The summed E-state index contributed by atoms with van der Waals surface area (Å²) in [5.41, 5.74) is 0.824. The highest BCUT2D eigenvalue weighted by Crippen LogP contribution is 2.27. The monoisotopic (exact) mass is 330 g/mol. The Balaban J connectivity index is 1.61. The third-order valence-corrected chi connectivity index (χ3v) is 5.66. The Morgan fingerprint density at radius 2 is 2.30 bits per heavy atom. The van der Waals surface area contributed by atoms with Gasteiger partial charge in [-0.2, -0.15) is 11.8 Å². The molecule has 0 spiro atoms. The molecular weight excluding hydrogens is 316 g/mol. The first kappa shape index (κ1) is 14.2. The van der Waals surface area contributed by atoms with Gasteiger partial charge in [0.1, 0.15) is 5.71 Å². The number of nitrogens with zero attached hydrogens (tertiary/aromatic N) is 2. The summed E-state index contributed by atoms with van der Waals surface area (Å²) in [7, 11) is 0. The molecule has 1 saturated heterocycles. The molecule has 1 aromatic heterocycles. The molecule has 1 atom stereocenters. The van der Waals surface area contributed by atoms with Crippen LogP contribution in [0.25, 0.3) is 0 Å². The Bertz CT molecular complexity index is 524. The Hall–Kier alpha value is -0.720. The number of thioether (sulfide) groups is 1. The fraction of sp³-hybridized carbons (Fsp3) is 0.538. The molecule has 0 unspecified atom stereocenters. The lowest BCUT2D eigenvalue weighted by atomic mass is 10.1. The van der Waals surface area contributed by atoms with E-state index < -0.39 is 6.10 Å². The van der Waals surface area contributed by atoms with Gasteiger partial charge in [-0.05, 0) is 24.3 Å². The molecular formula is C13H15ClN2O2S2. The van der Waals surface area contributed by atoms with E-state index in [2.05, 4.69) is 5.16 Å². The number of amides is 1. The van der Waals surface area contributed by atoms with Gasteiger partial charge in [0.05, 0.1) is 9.21 Å². The van der Waals surface area contributed by atoms with Crippen LogP contribution in [0.2, 0.25) is 4.34 Å². The zero-order valence-corrected chi connectivity index (χ0v) is 13.3. The summed E-state index contributed by atoms with van der Waals surface area (Å²) in [5.74, 6) is 2.20. The van der Waals surface area contributed by atoms with Crippen LogP contribution in [0.4, 0.5) is 0 Å². The molecule has 0 radical (unpaired) electrons. The van der Waals surface area contributed by atoms with Crippen LogP contribution in [0.3, 0.4) is 0 Å². The van der Waals surface area contributed by atoms with Gasteiger partial charge in [-0.15, -0.1) is 11.3 Å². The summed E-state index contributed by atoms with van der Waals surface area (Å²) in [6.45, 7) is 1.63.